The van der Waals surface area contributed by atoms with Gasteiger partial charge in [0.15, 0.2) is 0 Å². The van der Waals surface area contributed by atoms with Crippen LogP contribution in [0.4, 0.5) is 0 Å². The summed E-state index contributed by atoms with van der Waals surface area (Å²) >= 11 is 0. The van der Waals surface area contributed by atoms with E-state index in [4.69, 9.17) is 9.84 Å². The summed E-state index contributed by atoms with van der Waals surface area (Å²) in [5, 5.41) is 8.52. The standard InChI is InChI=1S/C10H10O3/c1-8(7-11)10(12)13-9-5-3-2-4-6-9/h2-7,11H,1H3. The van der Waals surface area contributed by atoms with Gasteiger partial charge in [-0.05, 0) is 19.1 Å². The van der Waals surface area contributed by atoms with E-state index in [0.717, 1.165) is 6.26 Å². The smallest absolute Gasteiger partial charge is 0.342 e. The molecule has 68 valence electrons. The molecular formula is C10H10O3. The molecule has 0 aromatic heterocycles. The van der Waals surface area contributed by atoms with E-state index in [0.29, 0.717) is 5.75 Å². The van der Waals surface area contributed by atoms with Gasteiger partial charge in [-0.3, -0.25) is 0 Å². The first kappa shape index (κ1) is 9.32. The molecule has 0 aliphatic carbocycles. The van der Waals surface area contributed by atoms with Gasteiger partial charge in [0.05, 0.1) is 11.8 Å². The van der Waals surface area contributed by atoms with E-state index in [1.165, 1.54) is 6.92 Å². The summed E-state index contributed by atoms with van der Waals surface area (Å²) in [4.78, 5) is 11.1. The number of hydrogen-bond acceptors (Lipinski definition) is 3. The van der Waals surface area contributed by atoms with Crippen molar-refractivity contribution in [2.75, 3.05) is 0 Å². The van der Waals surface area contributed by atoms with Crippen LogP contribution in [0.2, 0.25) is 0 Å². The highest BCUT2D eigenvalue weighted by Crippen LogP contribution is 2.10. The number of para-hydroxylation sites is 1. The summed E-state index contributed by atoms with van der Waals surface area (Å²) in [5.41, 5.74) is 0.170. The lowest BCUT2D eigenvalue weighted by Crippen LogP contribution is -2.08. The topological polar surface area (TPSA) is 46.5 Å². The summed E-state index contributed by atoms with van der Waals surface area (Å²) in [6.45, 7) is 1.48. The van der Waals surface area contributed by atoms with E-state index >= 15 is 0 Å². The van der Waals surface area contributed by atoms with E-state index in [1.807, 2.05) is 6.07 Å². The van der Waals surface area contributed by atoms with Crippen LogP contribution in [-0.4, -0.2) is 11.1 Å². The highest BCUT2D eigenvalue weighted by molar-refractivity contribution is 5.89. The van der Waals surface area contributed by atoms with Crippen molar-refractivity contribution in [3.8, 4) is 5.75 Å². The summed E-state index contributed by atoms with van der Waals surface area (Å²) in [7, 11) is 0. The molecule has 3 nitrogen and oxygen atoms in total. The second kappa shape index (κ2) is 4.30. The van der Waals surface area contributed by atoms with Gasteiger partial charge in [0.2, 0.25) is 0 Å². The van der Waals surface area contributed by atoms with Crippen molar-refractivity contribution in [1.29, 1.82) is 0 Å². The van der Waals surface area contributed by atoms with Crippen LogP contribution >= 0.6 is 0 Å². The lowest BCUT2D eigenvalue weighted by atomic mass is 10.3. The normalized spacial score (nSPS) is 11.0. The molecule has 0 saturated heterocycles. The van der Waals surface area contributed by atoms with Gasteiger partial charge in [-0.25, -0.2) is 4.79 Å². The molecule has 0 heterocycles. The molecule has 0 spiro atoms. The summed E-state index contributed by atoms with van der Waals surface area (Å²) in [6, 6.07) is 8.69. The Bertz CT molecular complexity index is 314. The quantitative estimate of drug-likeness (QED) is 0.326. The highest BCUT2D eigenvalue weighted by atomic mass is 16.5. The third-order valence-electron chi connectivity index (χ3n) is 1.47. The van der Waals surface area contributed by atoms with Crippen LogP contribution in [-0.2, 0) is 4.79 Å². The first-order valence-electron chi connectivity index (χ1n) is 3.82. The van der Waals surface area contributed by atoms with Crippen molar-refractivity contribution < 1.29 is 14.6 Å². The second-order valence-corrected chi connectivity index (χ2v) is 2.51. The average Bonchev–Trinajstić information content (AvgIpc) is 2.18. The minimum atomic E-state index is -0.547. The van der Waals surface area contributed by atoms with Crippen molar-refractivity contribution in [1.82, 2.24) is 0 Å². The van der Waals surface area contributed by atoms with Crippen LogP contribution in [0.3, 0.4) is 0 Å². The maximum Gasteiger partial charge on any atom is 0.342 e. The minimum absolute atomic E-state index is 0.170. The van der Waals surface area contributed by atoms with Crippen molar-refractivity contribution in [3.05, 3.63) is 42.2 Å². The maximum atomic E-state index is 11.1. The van der Waals surface area contributed by atoms with Gasteiger partial charge in [0.25, 0.3) is 0 Å². The Kier molecular flexibility index (Phi) is 3.09. The van der Waals surface area contributed by atoms with Gasteiger partial charge in [0.1, 0.15) is 5.75 Å². The number of ether oxygens (including phenoxy) is 1. The van der Waals surface area contributed by atoms with Crippen LogP contribution < -0.4 is 4.74 Å². The molecule has 13 heavy (non-hydrogen) atoms. The molecule has 0 amide bonds. The summed E-state index contributed by atoms with van der Waals surface area (Å²) in [6.07, 6.45) is 0.727. The number of esters is 1. The van der Waals surface area contributed by atoms with E-state index in [-0.39, 0.29) is 5.57 Å². The molecule has 1 aromatic rings. The number of carbonyl (C=O) groups excluding carboxylic acids is 1. The number of carbonyl (C=O) groups is 1. The number of aliphatic hydroxyl groups is 1. The lowest BCUT2D eigenvalue weighted by molar-refractivity contribution is -0.130. The third-order valence-corrected chi connectivity index (χ3v) is 1.47. The van der Waals surface area contributed by atoms with Gasteiger partial charge in [-0.2, -0.15) is 0 Å². The Labute approximate surface area is 76.3 Å². The van der Waals surface area contributed by atoms with Crippen LogP contribution in [0, 0.1) is 0 Å². The maximum absolute atomic E-state index is 11.1. The molecule has 0 aliphatic heterocycles. The minimum Gasteiger partial charge on any atom is -0.515 e. The van der Waals surface area contributed by atoms with Gasteiger partial charge in [0, 0.05) is 0 Å². The summed E-state index contributed by atoms with van der Waals surface area (Å²) < 4.78 is 4.90. The SMILES string of the molecule is CC(=CO)C(=O)Oc1ccccc1. The number of hydrogen-bond donors (Lipinski definition) is 1. The molecule has 0 fully saturated rings. The van der Waals surface area contributed by atoms with E-state index < -0.39 is 5.97 Å². The second-order valence-electron chi connectivity index (χ2n) is 2.51. The van der Waals surface area contributed by atoms with E-state index in [2.05, 4.69) is 0 Å². The number of rotatable bonds is 2. The first-order chi connectivity index (χ1) is 6.24. The Hall–Kier alpha value is -1.77. The molecule has 0 aliphatic rings. The Morgan fingerprint density at radius 3 is 2.54 bits per heavy atom. The van der Waals surface area contributed by atoms with Gasteiger partial charge in [-0.15, -0.1) is 0 Å². The third kappa shape index (κ3) is 2.63. The lowest BCUT2D eigenvalue weighted by Gasteiger charge is -2.02. The van der Waals surface area contributed by atoms with Crippen molar-refractivity contribution in [2.24, 2.45) is 0 Å². The fourth-order valence-corrected chi connectivity index (χ4v) is 0.729. The Morgan fingerprint density at radius 1 is 1.38 bits per heavy atom. The van der Waals surface area contributed by atoms with Crippen LogP contribution in [0.15, 0.2) is 42.2 Å². The Morgan fingerprint density at radius 2 is 2.00 bits per heavy atom. The fourth-order valence-electron chi connectivity index (χ4n) is 0.729. The predicted molar refractivity (Wildman–Crippen MR) is 48.5 cm³/mol. The van der Waals surface area contributed by atoms with Crippen LogP contribution in [0.1, 0.15) is 6.92 Å². The van der Waals surface area contributed by atoms with E-state index in [1.54, 1.807) is 24.3 Å². The number of benzene rings is 1. The summed E-state index contributed by atoms with van der Waals surface area (Å²) in [5.74, 6) is -0.0811. The molecule has 0 radical (unpaired) electrons. The van der Waals surface area contributed by atoms with Gasteiger partial charge >= 0.3 is 5.97 Å². The van der Waals surface area contributed by atoms with Gasteiger partial charge < -0.3 is 9.84 Å². The highest BCUT2D eigenvalue weighted by Gasteiger charge is 2.05. The molecule has 0 atom stereocenters. The van der Waals surface area contributed by atoms with Crippen molar-refractivity contribution in [2.45, 2.75) is 6.92 Å². The zero-order valence-electron chi connectivity index (χ0n) is 7.23. The molecule has 1 rings (SSSR count). The molecular weight excluding hydrogens is 168 g/mol. The molecule has 0 unspecified atom stereocenters. The van der Waals surface area contributed by atoms with Crippen LogP contribution in [0.5, 0.6) is 5.75 Å². The van der Waals surface area contributed by atoms with E-state index in [9.17, 15) is 4.79 Å². The monoisotopic (exact) mass is 178 g/mol. The first-order valence-corrected chi connectivity index (χ1v) is 3.82. The zero-order chi connectivity index (χ0) is 9.68. The molecule has 3 heteroatoms. The van der Waals surface area contributed by atoms with Crippen LogP contribution in [0.25, 0.3) is 0 Å². The van der Waals surface area contributed by atoms with Crippen molar-refractivity contribution in [3.63, 3.8) is 0 Å². The average molecular weight is 178 g/mol. The number of aliphatic hydroxyl groups excluding tert-OH is 1. The predicted octanol–water partition coefficient (Wildman–Crippen LogP) is 2.05. The molecule has 0 saturated carbocycles. The van der Waals surface area contributed by atoms with Crippen molar-refractivity contribution >= 4 is 5.97 Å². The Balaban J connectivity index is 2.66. The van der Waals surface area contributed by atoms with Gasteiger partial charge in [-0.1, -0.05) is 18.2 Å². The molecule has 1 N–H and O–H groups in total. The fraction of sp³-hybridized carbons (Fsp3) is 0.100. The zero-order valence-corrected chi connectivity index (χ0v) is 7.23. The molecule has 0 bridgehead atoms. The largest absolute Gasteiger partial charge is 0.515 e. The molecule has 1 aromatic carbocycles.